The Morgan fingerprint density at radius 1 is 1.21 bits per heavy atom. The van der Waals surface area contributed by atoms with Crippen molar-refractivity contribution in [3.63, 3.8) is 0 Å². The predicted molar refractivity (Wildman–Crippen MR) is 77.6 cm³/mol. The molecule has 0 aromatic heterocycles. The average molecular weight is 251 g/mol. The number of hydrogen-bond acceptors (Lipinski definition) is 2. The van der Waals surface area contributed by atoms with Gasteiger partial charge in [0, 0.05) is 18.7 Å². The van der Waals surface area contributed by atoms with Gasteiger partial charge in [0.15, 0.2) is 0 Å². The molecule has 0 aliphatic carbocycles. The lowest BCUT2D eigenvalue weighted by molar-refractivity contribution is -0.119. The van der Waals surface area contributed by atoms with E-state index in [-0.39, 0.29) is 5.92 Å². The molecular weight excluding hydrogens is 234 g/mol. The summed E-state index contributed by atoms with van der Waals surface area (Å²) in [5.41, 5.74) is 4.55. The first-order valence-corrected chi connectivity index (χ1v) is 6.65. The van der Waals surface area contributed by atoms with Gasteiger partial charge >= 0.3 is 0 Å². The molecule has 1 aliphatic heterocycles. The molecule has 0 saturated carbocycles. The number of rotatable bonds is 3. The van der Waals surface area contributed by atoms with Gasteiger partial charge in [-0.3, -0.25) is 4.79 Å². The lowest BCUT2D eigenvalue weighted by Gasteiger charge is -2.09. The summed E-state index contributed by atoms with van der Waals surface area (Å²) < 4.78 is 0. The van der Waals surface area contributed by atoms with Gasteiger partial charge in [0.05, 0.1) is 5.92 Å². The molecule has 1 heterocycles. The van der Waals surface area contributed by atoms with Crippen molar-refractivity contribution < 1.29 is 4.79 Å². The summed E-state index contributed by atoms with van der Waals surface area (Å²) in [5.74, 6) is 0.291. The predicted octanol–water partition coefficient (Wildman–Crippen LogP) is 3.32. The van der Waals surface area contributed by atoms with E-state index in [1.807, 2.05) is 36.4 Å². The summed E-state index contributed by atoms with van der Waals surface area (Å²) in [6.07, 6.45) is 0.516. The molecule has 0 saturated heterocycles. The summed E-state index contributed by atoms with van der Waals surface area (Å²) in [6.45, 7) is 2.78. The Bertz CT molecular complexity index is 618. The molecule has 96 valence electrons. The highest BCUT2D eigenvalue weighted by atomic mass is 16.1. The molecule has 19 heavy (non-hydrogen) atoms. The first-order valence-electron chi connectivity index (χ1n) is 6.65. The fraction of sp³-hybridized carbons (Fsp3) is 0.235. The van der Waals surface area contributed by atoms with E-state index in [4.69, 9.17) is 0 Å². The lowest BCUT2D eigenvalue weighted by atomic mass is 9.92. The Morgan fingerprint density at radius 3 is 2.89 bits per heavy atom. The number of hydrogen-bond donors (Lipinski definition) is 1. The van der Waals surface area contributed by atoms with Gasteiger partial charge in [-0.05, 0) is 24.1 Å². The lowest BCUT2D eigenvalue weighted by Crippen LogP contribution is -2.16. The van der Waals surface area contributed by atoms with Crippen LogP contribution in [0.4, 0.5) is 5.69 Å². The topological polar surface area (TPSA) is 29.1 Å². The molecule has 2 nitrogen and oxygen atoms in total. The van der Waals surface area contributed by atoms with Gasteiger partial charge in [0.25, 0.3) is 0 Å². The molecule has 1 N–H and O–H groups in total. The molecule has 0 radical (unpaired) electrons. The van der Waals surface area contributed by atoms with Crippen LogP contribution in [0.2, 0.25) is 0 Å². The first-order chi connectivity index (χ1) is 9.24. The van der Waals surface area contributed by atoms with Crippen LogP contribution >= 0.6 is 0 Å². The highest BCUT2D eigenvalue weighted by Gasteiger charge is 2.27. The Balaban J connectivity index is 1.79. The zero-order valence-corrected chi connectivity index (χ0v) is 11.0. The van der Waals surface area contributed by atoms with E-state index >= 15 is 0 Å². The monoisotopic (exact) mass is 251 g/mol. The summed E-state index contributed by atoms with van der Waals surface area (Å²) in [6, 6.07) is 16.3. The van der Waals surface area contributed by atoms with E-state index in [0.717, 1.165) is 23.4 Å². The Kier molecular flexibility index (Phi) is 3.08. The minimum absolute atomic E-state index is 0.00304. The third-order valence-electron chi connectivity index (χ3n) is 3.68. The van der Waals surface area contributed by atoms with Crippen molar-refractivity contribution in [1.29, 1.82) is 0 Å². The number of ketones is 1. The normalized spacial score (nSPS) is 16.8. The number of carbonyl (C=O) groups is 1. The van der Waals surface area contributed by atoms with Crippen LogP contribution in [-0.4, -0.2) is 12.3 Å². The zero-order chi connectivity index (χ0) is 13.2. The number of para-hydroxylation sites is 1. The SMILES string of the molecule is Cc1cccc(CC(=O)C2CNc3ccccc32)c1. The standard InChI is InChI=1S/C17H17NO/c1-12-5-4-6-13(9-12)10-17(19)15-11-18-16-8-3-2-7-14(15)16/h2-9,15,18H,10-11H2,1H3. The van der Waals surface area contributed by atoms with Crippen molar-refractivity contribution >= 4 is 11.5 Å². The third-order valence-corrected chi connectivity index (χ3v) is 3.68. The van der Waals surface area contributed by atoms with Gasteiger partial charge in [-0.25, -0.2) is 0 Å². The van der Waals surface area contributed by atoms with E-state index < -0.39 is 0 Å². The van der Waals surface area contributed by atoms with Crippen molar-refractivity contribution in [1.82, 2.24) is 0 Å². The summed E-state index contributed by atoms with van der Waals surface area (Å²) in [4.78, 5) is 12.4. The van der Waals surface area contributed by atoms with Crippen molar-refractivity contribution in [2.45, 2.75) is 19.3 Å². The van der Waals surface area contributed by atoms with Gasteiger partial charge in [-0.1, -0.05) is 48.0 Å². The molecule has 2 aromatic rings. The largest absolute Gasteiger partial charge is 0.384 e. The summed E-state index contributed by atoms with van der Waals surface area (Å²) in [5, 5.41) is 3.31. The quantitative estimate of drug-likeness (QED) is 0.906. The second-order valence-electron chi connectivity index (χ2n) is 5.15. The van der Waals surface area contributed by atoms with Gasteiger partial charge in [-0.2, -0.15) is 0 Å². The fourth-order valence-electron chi connectivity index (χ4n) is 2.72. The van der Waals surface area contributed by atoms with Crippen LogP contribution in [0.25, 0.3) is 0 Å². The van der Waals surface area contributed by atoms with Gasteiger partial charge < -0.3 is 5.32 Å². The molecule has 0 fully saturated rings. The molecule has 0 spiro atoms. The number of anilines is 1. The van der Waals surface area contributed by atoms with Crippen molar-refractivity contribution in [2.75, 3.05) is 11.9 Å². The molecule has 1 atom stereocenters. The summed E-state index contributed by atoms with van der Waals surface area (Å²) in [7, 11) is 0. The maximum Gasteiger partial charge on any atom is 0.146 e. The van der Waals surface area contributed by atoms with E-state index in [2.05, 4.69) is 24.4 Å². The molecule has 0 bridgehead atoms. The first kappa shape index (κ1) is 12.0. The highest BCUT2D eigenvalue weighted by molar-refractivity contribution is 5.91. The maximum absolute atomic E-state index is 12.4. The molecule has 2 heteroatoms. The molecule has 1 aliphatic rings. The number of carbonyl (C=O) groups excluding carboxylic acids is 1. The van der Waals surface area contributed by atoms with Crippen LogP contribution in [0.15, 0.2) is 48.5 Å². The van der Waals surface area contributed by atoms with Crippen LogP contribution in [0, 0.1) is 6.92 Å². The maximum atomic E-state index is 12.4. The molecule has 2 aromatic carbocycles. The van der Waals surface area contributed by atoms with Gasteiger partial charge in [0.2, 0.25) is 0 Å². The molecular formula is C17H17NO. The van der Waals surface area contributed by atoms with Gasteiger partial charge in [-0.15, -0.1) is 0 Å². The van der Waals surface area contributed by atoms with E-state index in [9.17, 15) is 4.79 Å². The van der Waals surface area contributed by atoms with Crippen LogP contribution in [-0.2, 0) is 11.2 Å². The van der Waals surface area contributed by atoms with Crippen LogP contribution in [0.5, 0.6) is 0 Å². The van der Waals surface area contributed by atoms with Crippen molar-refractivity contribution in [3.8, 4) is 0 Å². The van der Waals surface area contributed by atoms with Crippen LogP contribution < -0.4 is 5.32 Å². The van der Waals surface area contributed by atoms with Crippen LogP contribution in [0.1, 0.15) is 22.6 Å². The highest BCUT2D eigenvalue weighted by Crippen LogP contribution is 2.32. The van der Waals surface area contributed by atoms with Crippen molar-refractivity contribution in [2.24, 2.45) is 0 Å². The minimum Gasteiger partial charge on any atom is -0.384 e. The number of nitrogens with one attached hydrogen (secondary N) is 1. The average Bonchev–Trinajstić information content (AvgIpc) is 2.82. The number of benzene rings is 2. The second-order valence-corrected chi connectivity index (χ2v) is 5.15. The number of aryl methyl sites for hydroxylation is 1. The zero-order valence-electron chi connectivity index (χ0n) is 11.0. The van der Waals surface area contributed by atoms with E-state index in [1.54, 1.807) is 0 Å². The van der Waals surface area contributed by atoms with E-state index in [1.165, 1.54) is 5.56 Å². The molecule has 3 rings (SSSR count). The molecule has 1 unspecified atom stereocenters. The van der Waals surface area contributed by atoms with Gasteiger partial charge in [0.1, 0.15) is 5.78 Å². The number of fused-ring (bicyclic) bond motifs is 1. The Morgan fingerprint density at radius 2 is 2.05 bits per heavy atom. The second kappa shape index (κ2) is 4.88. The fourth-order valence-corrected chi connectivity index (χ4v) is 2.72. The Labute approximate surface area is 113 Å². The van der Waals surface area contributed by atoms with Crippen LogP contribution in [0.3, 0.4) is 0 Å². The number of Topliss-reactive ketones (excluding diaryl/α,β-unsaturated/α-hetero) is 1. The Hall–Kier alpha value is -2.09. The van der Waals surface area contributed by atoms with E-state index in [0.29, 0.717) is 12.2 Å². The smallest absolute Gasteiger partial charge is 0.146 e. The van der Waals surface area contributed by atoms with Crippen molar-refractivity contribution in [3.05, 3.63) is 65.2 Å². The third kappa shape index (κ3) is 2.39. The minimum atomic E-state index is -0.00304. The molecule has 0 amide bonds. The summed E-state index contributed by atoms with van der Waals surface area (Å²) >= 11 is 0.